The molecule has 24 heavy (non-hydrogen) atoms. The first kappa shape index (κ1) is 17.0. The molecule has 3 aliphatic rings. The van der Waals surface area contributed by atoms with Gasteiger partial charge in [0.2, 0.25) is 5.91 Å². The standard InChI is InChI=1S/C16H19N5OS2/c1-9-7-23-15(20-9)12-13(19)21-14(24-8-11(18)22)10(6-17)16(12)4-2-3-5-16/h7,20H,2-5,8H2,1H3,(H2,18,22)(H2,19,21)/b15-12+. The molecule has 1 saturated carbocycles. The van der Waals surface area contributed by atoms with Gasteiger partial charge in [0, 0.05) is 16.7 Å². The number of nitrogens with two attached hydrogens (primary N) is 2. The van der Waals surface area contributed by atoms with Gasteiger partial charge in [-0.1, -0.05) is 36.4 Å². The highest BCUT2D eigenvalue weighted by molar-refractivity contribution is 8.06. The number of primary amides is 1. The topological polar surface area (TPSA) is 117 Å². The molecule has 0 aromatic carbocycles. The van der Waals surface area contributed by atoms with Gasteiger partial charge in [0.25, 0.3) is 0 Å². The minimum atomic E-state index is -0.434. The first-order chi connectivity index (χ1) is 11.5. The fraction of sp³-hybridized carbons (Fsp3) is 0.438. The number of aliphatic imine (C=N–C) groups is 1. The summed E-state index contributed by atoms with van der Waals surface area (Å²) in [5.41, 5.74) is 13.8. The van der Waals surface area contributed by atoms with Crippen LogP contribution in [0.2, 0.25) is 0 Å². The highest BCUT2D eigenvalue weighted by Gasteiger charge is 2.48. The molecule has 1 aliphatic carbocycles. The zero-order chi connectivity index (χ0) is 17.3. The Morgan fingerprint density at radius 3 is 2.79 bits per heavy atom. The lowest BCUT2D eigenvalue weighted by Gasteiger charge is -2.36. The molecule has 1 amide bonds. The number of thioether (sulfide) groups is 2. The van der Waals surface area contributed by atoms with E-state index in [1.807, 2.05) is 12.3 Å². The molecule has 3 rings (SSSR count). The van der Waals surface area contributed by atoms with Gasteiger partial charge in [-0.25, -0.2) is 4.99 Å². The lowest BCUT2D eigenvalue weighted by molar-refractivity contribution is -0.115. The van der Waals surface area contributed by atoms with E-state index >= 15 is 0 Å². The van der Waals surface area contributed by atoms with Crippen molar-refractivity contribution in [1.29, 1.82) is 5.26 Å². The number of hydrogen-bond acceptors (Lipinski definition) is 7. The summed E-state index contributed by atoms with van der Waals surface area (Å²) in [5, 5.41) is 16.7. The number of amidine groups is 1. The van der Waals surface area contributed by atoms with E-state index in [4.69, 9.17) is 11.5 Å². The summed E-state index contributed by atoms with van der Waals surface area (Å²) < 4.78 is 0. The maximum atomic E-state index is 11.1. The zero-order valence-corrected chi connectivity index (χ0v) is 15.0. The molecule has 0 unspecified atom stereocenters. The first-order valence-corrected chi connectivity index (χ1v) is 9.60. The van der Waals surface area contributed by atoms with Crippen LogP contribution in [0.15, 0.2) is 37.3 Å². The summed E-state index contributed by atoms with van der Waals surface area (Å²) in [6.07, 6.45) is 3.82. The van der Waals surface area contributed by atoms with Crippen molar-refractivity contribution in [2.45, 2.75) is 32.6 Å². The van der Waals surface area contributed by atoms with E-state index in [1.165, 1.54) is 11.8 Å². The van der Waals surface area contributed by atoms with Crippen LogP contribution < -0.4 is 16.8 Å². The van der Waals surface area contributed by atoms with Crippen molar-refractivity contribution in [3.05, 3.63) is 32.3 Å². The van der Waals surface area contributed by atoms with Crippen molar-refractivity contribution in [2.24, 2.45) is 21.9 Å². The lowest BCUT2D eigenvalue weighted by Crippen LogP contribution is -2.37. The van der Waals surface area contributed by atoms with Gasteiger partial charge in [0.1, 0.15) is 10.9 Å². The Hall–Kier alpha value is -1.85. The number of carbonyl (C=O) groups is 1. The number of nitrogens with zero attached hydrogens (tertiary/aromatic N) is 2. The van der Waals surface area contributed by atoms with Crippen molar-refractivity contribution in [1.82, 2.24) is 5.32 Å². The Bertz CT molecular complexity index is 751. The Morgan fingerprint density at radius 2 is 2.25 bits per heavy atom. The smallest absolute Gasteiger partial charge is 0.227 e. The molecule has 2 heterocycles. The van der Waals surface area contributed by atoms with E-state index in [0.717, 1.165) is 42.0 Å². The van der Waals surface area contributed by atoms with Gasteiger partial charge in [-0.15, -0.1) is 0 Å². The molecule has 0 bridgehead atoms. The average Bonchev–Trinajstić information content (AvgIpc) is 3.15. The van der Waals surface area contributed by atoms with Gasteiger partial charge in [-0.2, -0.15) is 5.26 Å². The van der Waals surface area contributed by atoms with Gasteiger partial charge in [-0.3, -0.25) is 4.79 Å². The molecule has 0 aromatic heterocycles. The largest absolute Gasteiger partial charge is 0.383 e. The Kier molecular flexibility index (Phi) is 4.65. The molecule has 8 heteroatoms. The van der Waals surface area contributed by atoms with Gasteiger partial charge in [-0.05, 0) is 25.2 Å². The Morgan fingerprint density at radius 1 is 1.54 bits per heavy atom. The second-order valence-electron chi connectivity index (χ2n) is 6.08. The van der Waals surface area contributed by atoms with Crippen molar-refractivity contribution in [3.8, 4) is 6.07 Å². The summed E-state index contributed by atoms with van der Waals surface area (Å²) in [5.74, 6) is 0.0874. The summed E-state index contributed by atoms with van der Waals surface area (Å²) in [7, 11) is 0. The summed E-state index contributed by atoms with van der Waals surface area (Å²) >= 11 is 2.79. The molecule has 126 valence electrons. The fourth-order valence-corrected chi connectivity index (χ4v) is 5.33. The first-order valence-electron chi connectivity index (χ1n) is 7.73. The van der Waals surface area contributed by atoms with E-state index in [0.29, 0.717) is 16.4 Å². The molecule has 1 spiro atoms. The monoisotopic (exact) mass is 361 g/mol. The second-order valence-corrected chi connectivity index (χ2v) is 7.92. The predicted molar refractivity (Wildman–Crippen MR) is 98.3 cm³/mol. The van der Waals surface area contributed by atoms with E-state index in [-0.39, 0.29) is 5.75 Å². The number of amides is 1. The van der Waals surface area contributed by atoms with Crippen molar-refractivity contribution >= 4 is 35.3 Å². The third kappa shape index (κ3) is 2.82. The van der Waals surface area contributed by atoms with Crippen LogP contribution in [-0.2, 0) is 4.79 Å². The van der Waals surface area contributed by atoms with Crippen LogP contribution in [0.25, 0.3) is 0 Å². The van der Waals surface area contributed by atoms with Crippen LogP contribution in [0.5, 0.6) is 0 Å². The van der Waals surface area contributed by atoms with Gasteiger partial charge < -0.3 is 16.8 Å². The van der Waals surface area contributed by atoms with E-state index in [1.54, 1.807) is 11.8 Å². The molecule has 1 fully saturated rings. The average molecular weight is 361 g/mol. The highest BCUT2D eigenvalue weighted by atomic mass is 32.2. The molecule has 2 aliphatic heterocycles. The minimum Gasteiger partial charge on any atom is -0.383 e. The highest BCUT2D eigenvalue weighted by Crippen LogP contribution is 2.55. The van der Waals surface area contributed by atoms with Gasteiger partial charge >= 0.3 is 0 Å². The summed E-state index contributed by atoms with van der Waals surface area (Å²) in [6.45, 7) is 1.99. The summed E-state index contributed by atoms with van der Waals surface area (Å²) in [6, 6.07) is 2.35. The maximum absolute atomic E-state index is 11.1. The predicted octanol–water partition coefficient (Wildman–Crippen LogP) is 2.28. The zero-order valence-electron chi connectivity index (χ0n) is 13.4. The number of rotatable bonds is 3. The number of allylic oxidation sites excluding steroid dienone is 2. The quantitative estimate of drug-likeness (QED) is 0.710. The SMILES string of the molecule is CC1=CS/C(=C2\C(N)=NC(SCC(N)=O)=C(C#N)C23CCCC3)N1. The Labute approximate surface area is 149 Å². The molecule has 5 N–H and O–H groups in total. The van der Waals surface area contributed by atoms with Crippen molar-refractivity contribution < 1.29 is 4.79 Å². The molecule has 0 aromatic rings. The number of nitrogens with one attached hydrogen (secondary N) is 1. The molecular weight excluding hydrogens is 342 g/mol. The number of carbonyl (C=O) groups excluding carboxylic acids is 1. The van der Waals surface area contributed by atoms with Crippen LogP contribution in [0.4, 0.5) is 0 Å². The second kappa shape index (κ2) is 6.57. The van der Waals surface area contributed by atoms with E-state index in [2.05, 4.69) is 16.4 Å². The number of nitriles is 1. The van der Waals surface area contributed by atoms with Crippen LogP contribution in [-0.4, -0.2) is 17.5 Å². The Balaban J connectivity index is 2.11. The molecule has 6 nitrogen and oxygen atoms in total. The third-order valence-corrected chi connectivity index (χ3v) is 6.47. The van der Waals surface area contributed by atoms with Crippen LogP contribution in [0, 0.1) is 16.7 Å². The maximum Gasteiger partial charge on any atom is 0.227 e. The van der Waals surface area contributed by atoms with Crippen LogP contribution >= 0.6 is 23.5 Å². The lowest BCUT2D eigenvalue weighted by atomic mass is 9.71. The van der Waals surface area contributed by atoms with Crippen LogP contribution in [0.3, 0.4) is 0 Å². The summed E-state index contributed by atoms with van der Waals surface area (Å²) in [4.78, 5) is 15.6. The van der Waals surface area contributed by atoms with Crippen molar-refractivity contribution in [3.63, 3.8) is 0 Å². The van der Waals surface area contributed by atoms with Gasteiger partial charge in [0.15, 0.2) is 0 Å². The van der Waals surface area contributed by atoms with Crippen molar-refractivity contribution in [2.75, 3.05) is 5.75 Å². The third-order valence-electron chi connectivity index (χ3n) is 4.46. The van der Waals surface area contributed by atoms with E-state index < -0.39 is 11.3 Å². The van der Waals surface area contributed by atoms with Gasteiger partial charge in [0.05, 0.1) is 22.4 Å². The molecule has 0 radical (unpaired) electrons. The van der Waals surface area contributed by atoms with E-state index in [9.17, 15) is 10.1 Å². The minimum absolute atomic E-state index is 0.0902. The molecule has 0 atom stereocenters. The van der Waals surface area contributed by atoms with Crippen LogP contribution in [0.1, 0.15) is 32.6 Å². The normalized spacial score (nSPS) is 25.3. The number of hydrogen-bond donors (Lipinski definition) is 3. The molecule has 0 saturated heterocycles. The molecular formula is C16H19N5OS2. The fourth-order valence-electron chi connectivity index (χ4n) is 3.51.